The van der Waals surface area contributed by atoms with Crippen molar-refractivity contribution in [3.63, 3.8) is 0 Å². The standard InChI is InChI=1S/C27H38ClN3O4S/c1-7-21(4)29-27(33)22(5)30(18-23-11-8-9-12-25(23)28)26(32)13-10-14-31(36(6,34)35)24-16-19(2)15-20(3)17-24/h8-9,11-12,15-17,21-22H,7,10,13-14,18H2,1-6H3,(H,29,33). The number of halogens is 1. The van der Waals surface area contributed by atoms with Gasteiger partial charge in [-0.25, -0.2) is 8.42 Å². The molecule has 0 fully saturated rings. The minimum absolute atomic E-state index is 0.0154. The molecule has 0 aliphatic heterocycles. The van der Waals surface area contributed by atoms with E-state index in [0.717, 1.165) is 29.4 Å². The van der Waals surface area contributed by atoms with Gasteiger partial charge < -0.3 is 10.2 Å². The zero-order valence-corrected chi connectivity index (χ0v) is 23.6. The average molecular weight is 536 g/mol. The Bertz CT molecular complexity index is 1150. The van der Waals surface area contributed by atoms with Gasteiger partial charge in [0.05, 0.1) is 11.9 Å². The molecule has 0 aliphatic rings. The van der Waals surface area contributed by atoms with Crippen molar-refractivity contribution in [3.05, 3.63) is 64.2 Å². The molecule has 1 N–H and O–H groups in total. The Balaban J connectivity index is 2.21. The van der Waals surface area contributed by atoms with Crippen molar-refractivity contribution in [1.29, 1.82) is 0 Å². The summed E-state index contributed by atoms with van der Waals surface area (Å²) in [5.74, 6) is -0.478. The van der Waals surface area contributed by atoms with E-state index in [9.17, 15) is 18.0 Å². The molecule has 0 aromatic heterocycles. The van der Waals surface area contributed by atoms with Crippen molar-refractivity contribution in [2.75, 3.05) is 17.1 Å². The van der Waals surface area contributed by atoms with Gasteiger partial charge in [-0.3, -0.25) is 13.9 Å². The number of nitrogens with one attached hydrogen (secondary N) is 1. The highest BCUT2D eigenvalue weighted by molar-refractivity contribution is 7.92. The minimum atomic E-state index is -3.54. The number of carbonyl (C=O) groups excluding carboxylic acids is 2. The van der Waals surface area contributed by atoms with Crippen LogP contribution in [0.25, 0.3) is 0 Å². The molecule has 198 valence electrons. The number of hydrogen-bond acceptors (Lipinski definition) is 4. The summed E-state index contributed by atoms with van der Waals surface area (Å²) in [5, 5.41) is 3.45. The molecule has 9 heteroatoms. The number of sulfonamides is 1. The second kappa shape index (κ2) is 13.1. The first-order chi connectivity index (χ1) is 16.8. The number of rotatable bonds is 12. The van der Waals surface area contributed by atoms with Gasteiger partial charge in [-0.1, -0.05) is 42.8 Å². The van der Waals surface area contributed by atoms with Crippen molar-refractivity contribution in [2.24, 2.45) is 0 Å². The lowest BCUT2D eigenvalue weighted by atomic mass is 10.1. The molecule has 0 heterocycles. The number of anilines is 1. The van der Waals surface area contributed by atoms with E-state index in [1.807, 2.05) is 64.1 Å². The Morgan fingerprint density at radius 3 is 2.22 bits per heavy atom. The number of carbonyl (C=O) groups is 2. The van der Waals surface area contributed by atoms with E-state index in [1.165, 1.54) is 9.21 Å². The van der Waals surface area contributed by atoms with Crippen LogP contribution in [0.5, 0.6) is 0 Å². The van der Waals surface area contributed by atoms with Crippen molar-refractivity contribution in [2.45, 2.75) is 72.5 Å². The lowest BCUT2D eigenvalue weighted by molar-refractivity contribution is -0.140. The van der Waals surface area contributed by atoms with E-state index in [0.29, 0.717) is 17.1 Å². The molecular formula is C27H38ClN3O4S. The van der Waals surface area contributed by atoms with Gasteiger partial charge in [0, 0.05) is 30.6 Å². The van der Waals surface area contributed by atoms with Gasteiger partial charge >= 0.3 is 0 Å². The molecule has 2 aromatic rings. The first kappa shape index (κ1) is 29.6. The second-order valence-corrected chi connectivity index (χ2v) is 11.7. The summed E-state index contributed by atoms with van der Waals surface area (Å²) < 4.78 is 26.4. The van der Waals surface area contributed by atoms with E-state index < -0.39 is 16.1 Å². The maximum absolute atomic E-state index is 13.4. The summed E-state index contributed by atoms with van der Waals surface area (Å²) in [6.07, 6.45) is 2.33. The molecule has 2 unspecified atom stereocenters. The van der Waals surface area contributed by atoms with Gasteiger partial charge in [0.1, 0.15) is 6.04 Å². The average Bonchev–Trinajstić information content (AvgIpc) is 2.79. The third kappa shape index (κ3) is 8.52. The van der Waals surface area contributed by atoms with Crippen LogP contribution in [0.2, 0.25) is 5.02 Å². The van der Waals surface area contributed by atoms with Crippen LogP contribution in [-0.4, -0.2) is 50.0 Å². The molecule has 36 heavy (non-hydrogen) atoms. The van der Waals surface area contributed by atoms with Crippen molar-refractivity contribution < 1.29 is 18.0 Å². The summed E-state index contributed by atoms with van der Waals surface area (Å²) in [6, 6.07) is 12.1. The van der Waals surface area contributed by atoms with Gasteiger partial charge in [-0.15, -0.1) is 0 Å². The topological polar surface area (TPSA) is 86.8 Å². The fourth-order valence-corrected chi connectivity index (χ4v) is 5.10. The fourth-order valence-electron chi connectivity index (χ4n) is 3.96. The van der Waals surface area contributed by atoms with Crippen LogP contribution in [0.15, 0.2) is 42.5 Å². The van der Waals surface area contributed by atoms with E-state index in [2.05, 4.69) is 5.32 Å². The van der Waals surface area contributed by atoms with Gasteiger partial charge in [0.15, 0.2) is 0 Å². The number of amides is 2. The molecule has 2 aromatic carbocycles. The first-order valence-corrected chi connectivity index (χ1v) is 14.4. The molecule has 0 saturated heterocycles. The molecule has 0 spiro atoms. The Morgan fingerprint density at radius 1 is 1.06 bits per heavy atom. The molecular weight excluding hydrogens is 498 g/mol. The Labute approximate surface area is 220 Å². The van der Waals surface area contributed by atoms with Crippen LogP contribution in [0.3, 0.4) is 0 Å². The lowest BCUT2D eigenvalue weighted by Crippen LogP contribution is -2.49. The number of benzene rings is 2. The molecule has 2 amide bonds. The van der Waals surface area contributed by atoms with E-state index in [4.69, 9.17) is 11.6 Å². The Hall–Kier alpha value is -2.58. The number of aryl methyl sites for hydroxylation is 2. The van der Waals surface area contributed by atoms with Gasteiger partial charge in [-0.2, -0.15) is 0 Å². The molecule has 0 bridgehead atoms. The third-order valence-corrected chi connectivity index (χ3v) is 7.68. The molecule has 2 atom stereocenters. The largest absolute Gasteiger partial charge is 0.352 e. The highest BCUT2D eigenvalue weighted by Crippen LogP contribution is 2.23. The van der Waals surface area contributed by atoms with Gasteiger partial charge in [0.25, 0.3) is 0 Å². The number of hydrogen-bond donors (Lipinski definition) is 1. The smallest absolute Gasteiger partial charge is 0.242 e. The Kier molecular flexibility index (Phi) is 10.8. The van der Waals surface area contributed by atoms with Crippen LogP contribution in [0.1, 0.15) is 56.7 Å². The van der Waals surface area contributed by atoms with E-state index >= 15 is 0 Å². The highest BCUT2D eigenvalue weighted by atomic mass is 35.5. The zero-order valence-electron chi connectivity index (χ0n) is 22.0. The predicted octanol–water partition coefficient (Wildman–Crippen LogP) is 4.84. The molecule has 0 aliphatic carbocycles. The Morgan fingerprint density at radius 2 is 1.67 bits per heavy atom. The highest BCUT2D eigenvalue weighted by Gasteiger charge is 2.27. The zero-order chi connectivity index (χ0) is 27.0. The minimum Gasteiger partial charge on any atom is -0.352 e. The van der Waals surface area contributed by atoms with Gasteiger partial charge in [-0.05, 0) is 75.4 Å². The summed E-state index contributed by atoms with van der Waals surface area (Å²) in [5.41, 5.74) is 3.24. The van der Waals surface area contributed by atoms with E-state index in [1.54, 1.807) is 13.0 Å². The van der Waals surface area contributed by atoms with Crippen LogP contribution in [-0.2, 0) is 26.2 Å². The van der Waals surface area contributed by atoms with Gasteiger partial charge in [0.2, 0.25) is 21.8 Å². The van der Waals surface area contributed by atoms with Crippen molar-refractivity contribution in [1.82, 2.24) is 10.2 Å². The SMILES string of the molecule is CCC(C)NC(=O)C(C)N(Cc1ccccc1Cl)C(=O)CCCN(c1cc(C)cc(C)c1)S(C)(=O)=O. The summed E-state index contributed by atoms with van der Waals surface area (Å²) in [6.45, 7) is 9.76. The first-order valence-electron chi connectivity index (χ1n) is 12.2. The molecule has 2 rings (SSSR count). The summed E-state index contributed by atoms with van der Waals surface area (Å²) in [4.78, 5) is 27.8. The predicted molar refractivity (Wildman–Crippen MR) is 147 cm³/mol. The lowest BCUT2D eigenvalue weighted by Gasteiger charge is -2.30. The normalized spacial score (nSPS) is 13.1. The molecule has 7 nitrogen and oxygen atoms in total. The van der Waals surface area contributed by atoms with Crippen molar-refractivity contribution >= 4 is 39.1 Å². The molecule has 0 radical (unpaired) electrons. The van der Waals surface area contributed by atoms with Crippen LogP contribution in [0.4, 0.5) is 5.69 Å². The fraction of sp³-hybridized carbons (Fsp3) is 0.481. The third-order valence-electron chi connectivity index (χ3n) is 6.11. The molecule has 0 saturated carbocycles. The van der Waals surface area contributed by atoms with Crippen molar-refractivity contribution in [3.8, 4) is 0 Å². The van der Waals surface area contributed by atoms with Crippen LogP contribution >= 0.6 is 11.6 Å². The summed E-state index contributed by atoms with van der Waals surface area (Å²) >= 11 is 6.34. The quantitative estimate of drug-likeness (QED) is 0.421. The van der Waals surface area contributed by atoms with Crippen LogP contribution < -0.4 is 9.62 Å². The maximum Gasteiger partial charge on any atom is 0.242 e. The number of nitrogens with zero attached hydrogens (tertiary/aromatic N) is 2. The maximum atomic E-state index is 13.4. The van der Waals surface area contributed by atoms with Crippen LogP contribution in [0, 0.1) is 13.8 Å². The monoisotopic (exact) mass is 535 g/mol. The second-order valence-electron chi connectivity index (χ2n) is 9.39. The van der Waals surface area contributed by atoms with E-state index in [-0.39, 0.29) is 37.4 Å². The summed E-state index contributed by atoms with van der Waals surface area (Å²) in [7, 11) is -3.54.